The number of hydrogen-bond acceptors (Lipinski definition) is 2. The van der Waals surface area contributed by atoms with Gasteiger partial charge < -0.3 is 0 Å². The molecule has 0 heterocycles. The second-order valence-electron chi connectivity index (χ2n) is 5.39. The Balaban J connectivity index is 2.03. The predicted octanol–water partition coefficient (Wildman–Crippen LogP) is 4.51. The standard InChI is InChI=1S/C19H11BrO2/c20-19(16-11-5-7-12-6-1-2-8-13(12)16)17(21)14-9-3-4-10-15(14)18(19)22/h1-11H. The van der Waals surface area contributed by atoms with Crippen LogP contribution in [-0.4, -0.2) is 11.6 Å². The molecular weight excluding hydrogens is 340 g/mol. The molecule has 0 bridgehead atoms. The summed E-state index contributed by atoms with van der Waals surface area (Å²) in [7, 11) is 0. The second-order valence-corrected chi connectivity index (χ2v) is 6.58. The lowest BCUT2D eigenvalue weighted by Crippen LogP contribution is -2.31. The molecule has 0 atom stereocenters. The summed E-state index contributed by atoms with van der Waals surface area (Å²) in [6, 6.07) is 20.5. The number of carbonyl (C=O) groups excluding carboxylic acids is 2. The van der Waals surface area contributed by atoms with Gasteiger partial charge >= 0.3 is 0 Å². The van der Waals surface area contributed by atoms with Crippen molar-refractivity contribution in [3.8, 4) is 0 Å². The molecule has 0 saturated carbocycles. The molecular formula is C19H11BrO2. The number of rotatable bonds is 1. The van der Waals surface area contributed by atoms with Gasteiger partial charge in [0.05, 0.1) is 0 Å². The molecule has 0 radical (unpaired) electrons. The average molecular weight is 351 g/mol. The van der Waals surface area contributed by atoms with Gasteiger partial charge in [-0.3, -0.25) is 9.59 Å². The third-order valence-electron chi connectivity index (χ3n) is 4.20. The van der Waals surface area contributed by atoms with Crippen molar-refractivity contribution in [3.63, 3.8) is 0 Å². The SMILES string of the molecule is O=C1c2ccccc2C(=O)C1(Br)c1cccc2ccccc12. The lowest BCUT2D eigenvalue weighted by molar-refractivity contribution is 0.0872. The zero-order valence-corrected chi connectivity index (χ0v) is 13.1. The number of ketones is 2. The average Bonchev–Trinajstić information content (AvgIpc) is 2.77. The number of Topliss-reactive ketones (excluding diaryl/α,β-unsaturated/α-hetero) is 2. The van der Waals surface area contributed by atoms with Crippen LogP contribution in [0.25, 0.3) is 10.8 Å². The van der Waals surface area contributed by atoms with E-state index in [-0.39, 0.29) is 11.6 Å². The minimum Gasteiger partial charge on any atom is -0.292 e. The van der Waals surface area contributed by atoms with Gasteiger partial charge in [-0.2, -0.15) is 0 Å². The van der Waals surface area contributed by atoms with Gasteiger partial charge in [-0.05, 0) is 16.3 Å². The Kier molecular flexibility index (Phi) is 2.81. The highest BCUT2D eigenvalue weighted by Gasteiger charge is 2.52. The molecule has 0 unspecified atom stereocenters. The highest BCUT2D eigenvalue weighted by molar-refractivity contribution is 9.10. The summed E-state index contributed by atoms with van der Waals surface area (Å²) in [5.74, 6) is -0.381. The van der Waals surface area contributed by atoms with E-state index in [1.165, 1.54) is 0 Å². The van der Waals surface area contributed by atoms with Crippen molar-refractivity contribution in [2.45, 2.75) is 4.32 Å². The largest absolute Gasteiger partial charge is 0.292 e. The quantitative estimate of drug-likeness (QED) is 0.478. The van der Waals surface area contributed by atoms with E-state index < -0.39 is 4.32 Å². The first-order chi connectivity index (χ1) is 10.6. The Labute approximate surface area is 135 Å². The fourth-order valence-corrected chi connectivity index (χ4v) is 3.90. The number of alkyl halides is 1. The lowest BCUT2D eigenvalue weighted by atomic mass is 9.89. The Morgan fingerprint density at radius 2 is 1.23 bits per heavy atom. The molecule has 22 heavy (non-hydrogen) atoms. The zero-order valence-electron chi connectivity index (χ0n) is 11.5. The van der Waals surface area contributed by atoms with E-state index in [4.69, 9.17) is 0 Å². The van der Waals surface area contributed by atoms with Crippen molar-refractivity contribution in [3.05, 3.63) is 83.4 Å². The van der Waals surface area contributed by atoms with Crippen molar-refractivity contribution in [1.82, 2.24) is 0 Å². The molecule has 0 fully saturated rings. The van der Waals surface area contributed by atoms with E-state index in [0.717, 1.165) is 10.8 Å². The normalized spacial score (nSPS) is 16.0. The highest BCUT2D eigenvalue weighted by atomic mass is 79.9. The Morgan fingerprint density at radius 1 is 0.682 bits per heavy atom. The van der Waals surface area contributed by atoms with E-state index in [1.54, 1.807) is 24.3 Å². The van der Waals surface area contributed by atoms with Crippen molar-refractivity contribution >= 4 is 38.3 Å². The van der Waals surface area contributed by atoms with Gasteiger partial charge in [0.2, 0.25) is 0 Å². The smallest absolute Gasteiger partial charge is 0.192 e. The Hall–Kier alpha value is -2.26. The number of benzene rings is 3. The maximum absolute atomic E-state index is 12.9. The molecule has 0 N–H and O–H groups in total. The van der Waals surface area contributed by atoms with Gasteiger partial charge in [0, 0.05) is 11.1 Å². The molecule has 3 aromatic carbocycles. The van der Waals surface area contributed by atoms with E-state index in [9.17, 15) is 9.59 Å². The Morgan fingerprint density at radius 3 is 1.91 bits per heavy atom. The molecule has 3 heteroatoms. The summed E-state index contributed by atoms with van der Waals surface area (Å²) < 4.78 is -1.32. The van der Waals surface area contributed by atoms with E-state index in [1.807, 2.05) is 42.5 Å². The zero-order chi connectivity index (χ0) is 15.3. The molecule has 4 rings (SSSR count). The number of hydrogen-bond donors (Lipinski definition) is 0. The summed E-state index contributed by atoms with van der Waals surface area (Å²) in [4.78, 5) is 25.8. The summed E-state index contributed by atoms with van der Waals surface area (Å²) >= 11 is 3.49. The number of carbonyl (C=O) groups is 2. The van der Waals surface area contributed by atoms with Crippen LogP contribution in [0.4, 0.5) is 0 Å². The molecule has 106 valence electrons. The summed E-state index contributed by atoms with van der Waals surface area (Å²) in [5, 5.41) is 1.92. The molecule has 1 aliphatic carbocycles. The van der Waals surface area contributed by atoms with Gasteiger partial charge in [-0.1, -0.05) is 82.7 Å². The fraction of sp³-hybridized carbons (Fsp3) is 0.0526. The molecule has 0 aromatic heterocycles. The topological polar surface area (TPSA) is 34.1 Å². The minimum atomic E-state index is -1.32. The van der Waals surface area contributed by atoms with Gasteiger partial charge in [0.1, 0.15) is 0 Å². The number of halogens is 1. The van der Waals surface area contributed by atoms with Crippen LogP contribution in [0.1, 0.15) is 26.3 Å². The van der Waals surface area contributed by atoms with Crippen LogP contribution in [0.2, 0.25) is 0 Å². The molecule has 2 nitrogen and oxygen atoms in total. The van der Waals surface area contributed by atoms with Crippen LogP contribution >= 0.6 is 15.9 Å². The summed E-state index contributed by atoms with van der Waals surface area (Å²) in [6.07, 6.45) is 0. The van der Waals surface area contributed by atoms with Gasteiger partial charge in [0.25, 0.3) is 0 Å². The predicted molar refractivity (Wildman–Crippen MR) is 89.7 cm³/mol. The Bertz CT molecular complexity index is 903. The van der Waals surface area contributed by atoms with E-state index in [2.05, 4.69) is 15.9 Å². The third-order valence-corrected chi connectivity index (χ3v) is 5.35. The monoisotopic (exact) mass is 350 g/mol. The van der Waals surface area contributed by atoms with Gasteiger partial charge in [0.15, 0.2) is 15.9 Å². The van der Waals surface area contributed by atoms with Crippen LogP contribution < -0.4 is 0 Å². The first-order valence-electron chi connectivity index (χ1n) is 7.00. The van der Waals surface area contributed by atoms with Crippen molar-refractivity contribution < 1.29 is 9.59 Å². The maximum Gasteiger partial charge on any atom is 0.192 e. The highest BCUT2D eigenvalue weighted by Crippen LogP contribution is 2.46. The summed E-state index contributed by atoms with van der Waals surface area (Å²) in [5.41, 5.74) is 1.67. The third kappa shape index (κ3) is 1.60. The van der Waals surface area contributed by atoms with Crippen molar-refractivity contribution in [2.24, 2.45) is 0 Å². The second kappa shape index (κ2) is 4.62. The van der Waals surface area contributed by atoms with Crippen LogP contribution in [-0.2, 0) is 4.32 Å². The minimum absolute atomic E-state index is 0.190. The summed E-state index contributed by atoms with van der Waals surface area (Å²) in [6.45, 7) is 0. The molecule has 0 spiro atoms. The van der Waals surface area contributed by atoms with Crippen LogP contribution in [0.5, 0.6) is 0 Å². The molecule has 3 aromatic rings. The molecule has 0 saturated heterocycles. The first kappa shape index (κ1) is 13.4. The van der Waals surface area contributed by atoms with Crippen LogP contribution in [0, 0.1) is 0 Å². The fourth-order valence-electron chi connectivity index (χ4n) is 3.12. The maximum atomic E-state index is 12.9. The van der Waals surface area contributed by atoms with Crippen molar-refractivity contribution in [2.75, 3.05) is 0 Å². The lowest BCUT2D eigenvalue weighted by Gasteiger charge is -2.21. The van der Waals surface area contributed by atoms with Gasteiger partial charge in [-0.25, -0.2) is 0 Å². The van der Waals surface area contributed by atoms with E-state index in [0.29, 0.717) is 16.7 Å². The molecule has 0 aliphatic heterocycles. The molecule has 1 aliphatic rings. The van der Waals surface area contributed by atoms with Crippen molar-refractivity contribution in [1.29, 1.82) is 0 Å². The number of fused-ring (bicyclic) bond motifs is 2. The van der Waals surface area contributed by atoms with Crippen LogP contribution in [0.15, 0.2) is 66.7 Å². The van der Waals surface area contributed by atoms with E-state index >= 15 is 0 Å². The van der Waals surface area contributed by atoms with Gasteiger partial charge in [-0.15, -0.1) is 0 Å². The first-order valence-corrected chi connectivity index (χ1v) is 7.79. The van der Waals surface area contributed by atoms with Crippen LogP contribution in [0.3, 0.4) is 0 Å². The molecule has 0 amide bonds.